The molecule has 0 unspecified atom stereocenters. The fourth-order valence-corrected chi connectivity index (χ4v) is 2.21. The van der Waals surface area contributed by atoms with Crippen molar-refractivity contribution in [3.05, 3.63) is 70.5 Å². The molecule has 0 heterocycles. The number of hydrogen-bond donors (Lipinski definition) is 0. The Morgan fingerprint density at radius 3 is 2.65 bits per heavy atom. The molecule has 0 atom stereocenters. The van der Waals surface area contributed by atoms with Crippen LogP contribution in [-0.2, 0) is 6.54 Å². The maximum absolute atomic E-state index is 13.1. The lowest BCUT2D eigenvalue weighted by molar-refractivity contribution is 0.0942. The van der Waals surface area contributed by atoms with Crippen LogP contribution in [0.15, 0.2) is 48.5 Å². The van der Waals surface area contributed by atoms with E-state index in [4.69, 9.17) is 11.6 Å². The maximum Gasteiger partial charge on any atom is 0.176 e. The highest BCUT2D eigenvalue weighted by molar-refractivity contribution is 6.30. The lowest BCUT2D eigenvalue weighted by Crippen LogP contribution is -2.25. The van der Waals surface area contributed by atoms with Crippen LogP contribution in [0.5, 0.6) is 0 Å². The summed E-state index contributed by atoms with van der Waals surface area (Å²) in [5.74, 6) is -0.498. The van der Waals surface area contributed by atoms with Gasteiger partial charge in [-0.3, -0.25) is 9.69 Å². The summed E-state index contributed by atoms with van der Waals surface area (Å²) in [4.78, 5) is 13.9. The van der Waals surface area contributed by atoms with E-state index in [0.29, 0.717) is 17.1 Å². The Morgan fingerprint density at radius 2 is 1.95 bits per heavy atom. The van der Waals surface area contributed by atoms with Crippen LogP contribution in [0.25, 0.3) is 0 Å². The van der Waals surface area contributed by atoms with Crippen LogP contribution in [0.3, 0.4) is 0 Å². The monoisotopic (exact) mass is 291 g/mol. The van der Waals surface area contributed by atoms with Gasteiger partial charge in [0.2, 0.25) is 0 Å². The van der Waals surface area contributed by atoms with Gasteiger partial charge >= 0.3 is 0 Å². The molecule has 2 nitrogen and oxygen atoms in total. The Balaban J connectivity index is 1.97. The molecule has 0 saturated heterocycles. The van der Waals surface area contributed by atoms with E-state index in [1.807, 2.05) is 36.2 Å². The fraction of sp³-hybridized carbons (Fsp3) is 0.188. The average molecular weight is 292 g/mol. The van der Waals surface area contributed by atoms with Gasteiger partial charge in [0.1, 0.15) is 5.82 Å². The van der Waals surface area contributed by atoms with Crippen LogP contribution >= 0.6 is 11.6 Å². The molecule has 0 bridgehead atoms. The van der Waals surface area contributed by atoms with Gasteiger partial charge < -0.3 is 0 Å². The molecule has 0 fully saturated rings. The number of carbonyl (C=O) groups excluding carboxylic acids is 1. The van der Waals surface area contributed by atoms with E-state index in [1.54, 1.807) is 12.1 Å². The smallest absolute Gasteiger partial charge is 0.176 e. The van der Waals surface area contributed by atoms with Crippen LogP contribution in [-0.4, -0.2) is 24.3 Å². The van der Waals surface area contributed by atoms with Gasteiger partial charge in [0.25, 0.3) is 0 Å². The number of carbonyl (C=O) groups is 1. The highest BCUT2D eigenvalue weighted by Gasteiger charge is 2.10. The second-order valence-corrected chi connectivity index (χ2v) is 5.17. The Bertz CT molecular complexity index is 615. The number of rotatable bonds is 5. The number of benzene rings is 2. The van der Waals surface area contributed by atoms with Gasteiger partial charge in [-0.05, 0) is 36.9 Å². The molecular formula is C16H15ClFNO. The van der Waals surface area contributed by atoms with Crippen LogP contribution < -0.4 is 0 Å². The molecule has 0 aliphatic rings. The standard InChI is InChI=1S/C16H15ClFNO/c1-19(10-12-4-2-6-14(17)8-12)11-16(20)13-5-3-7-15(18)9-13/h2-9H,10-11H2,1H3. The van der Waals surface area contributed by atoms with Gasteiger partial charge in [-0.2, -0.15) is 0 Å². The Morgan fingerprint density at radius 1 is 1.20 bits per heavy atom. The van der Waals surface area contributed by atoms with Crippen molar-refractivity contribution in [2.24, 2.45) is 0 Å². The molecule has 104 valence electrons. The van der Waals surface area contributed by atoms with E-state index in [-0.39, 0.29) is 12.3 Å². The second kappa shape index (κ2) is 6.64. The summed E-state index contributed by atoms with van der Waals surface area (Å²) in [6.45, 7) is 0.845. The fourth-order valence-electron chi connectivity index (χ4n) is 2.00. The van der Waals surface area contributed by atoms with Gasteiger partial charge in [-0.25, -0.2) is 4.39 Å². The highest BCUT2D eigenvalue weighted by atomic mass is 35.5. The Kier molecular flexibility index (Phi) is 4.88. The number of ketones is 1. The summed E-state index contributed by atoms with van der Waals surface area (Å²) in [7, 11) is 1.85. The zero-order valence-electron chi connectivity index (χ0n) is 11.1. The summed E-state index contributed by atoms with van der Waals surface area (Å²) in [5.41, 5.74) is 1.43. The van der Waals surface area contributed by atoms with Crippen LogP contribution in [0.1, 0.15) is 15.9 Å². The summed E-state index contributed by atoms with van der Waals surface area (Å²) in [6.07, 6.45) is 0. The molecule has 20 heavy (non-hydrogen) atoms. The topological polar surface area (TPSA) is 20.3 Å². The van der Waals surface area contributed by atoms with Gasteiger partial charge in [-0.15, -0.1) is 0 Å². The van der Waals surface area contributed by atoms with Crippen molar-refractivity contribution in [1.82, 2.24) is 4.90 Å². The van der Waals surface area contributed by atoms with Gasteiger partial charge in [0, 0.05) is 17.1 Å². The lowest BCUT2D eigenvalue weighted by Gasteiger charge is -2.16. The maximum atomic E-state index is 13.1. The van der Waals surface area contributed by atoms with Crippen molar-refractivity contribution < 1.29 is 9.18 Å². The van der Waals surface area contributed by atoms with Crippen molar-refractivity contribution >= 4 is 17.4 Å². The minimum atomic E-state index is -0.395. The first-order chi connectivity index (χ1) is 9.54. The van der Waals surface area contributed by atoms with Crippen molar-refractivity contribution in [1.29, 1.82) is 0 Å². The first kappa shape index (κ1) is 14.7. The molecule has 0 amide bonds. The zero-order valence-corrected chi connectivity index (χ0v) is 11.9. The minimum Gasteiger partial charge on any atom is -0.295 e. The summed E-state index contributed by atoms with van der Waals surface area (Å²) >= 11 is 5.92. The first-order valence-corrected chi connectivity index (χ1v) is 6.64. The minimum absolute atomic E-state index is 0.103. The quantitative estimate of drug-likeness (QED) is 0.781. The van der Waals surface area contributed by atoms with E-state index in [9.17, 15) is 9.18 Å². The predicted molar refractivity (Wildman–Crippen MR) is 78.5 cm³/mol. The Hall–Kier alpha value is -1.71. The number of hydrogen-bond acceptors (Lipinski definition) is 2. The summed E-state index contributed by atoms with van der Waals surface area (Å²) < 4.78 is 13.1. The molecule has 0 aromatic heterocycles. The van der Waals surface area contributed by atoms with Crippen molar-refractivity contribution in [2.75, 3.05) is 13.6 Å². The second-order valence-electron chi connectivity index (χ2n) is 4.74. The molecular weight excluding hydrogens is 277 g/mol. The van der Waals surface area contributed by atoms with Crippen molar-refractivity contribution in [3.8, 4) is 0 Å². The molecule has 2 rings (SSSR count). The molecule has 0 aliphatic carbocycles. The van der Waals surface area contributed by atoms with Crippen molar-refractivity contribution in [3.63, 3.8) is 0 Å². The summed E-state index contributed by atoms with van der Waals surface area (Å²) in [6, 6.07) is 13.3. The molecule has 0 aliphatic heterocycles. The number of halogens is 2. The SMILES string of the molecule is CN(CC(=O)c1cccc(F)c1)Cc1cccc(Cl)c1. The molecule has 0 N–H and O–H groups in total. The van der Waals surface area contributed by atoms with E-state index >= 15 is 0 Å². The van der Waals surface area contributed by atoms with Crippen LogP contribution in [0.2, 0.25) is 5.02 Å². The van der Waals surface area contributed by atoms with Gasteiger partial charge in [0.15, 0.2) is 5.78 Å². The zero-order chi connectivity index (χ0) is 14.5. The van der Waals surface area contributed by atoms with Gasteiger partial charge in [-0.1, -0.05) is 35.9 Å². The third-order valence-electron chi connectivity index (χ3n) is 2.90. The average Bonchev–Trinajstić information content (AvgIpc) is 2.38. The molecule has 0 saturated carbocycles. The lowest BCUT2D eigenvalue weighted by atomic mass is 10.1. The third kappa shape index (κ3) is 4.15. The largest absolute Gasteiger partial charge is 0.295 e. The summed E-state index contributed by atoms with van der Waals surface area (Å²) in [5, 5.41) is 0.673. The molecule has 2 aromatic rings. The van der Waals surface area contributed by atoms with E-state index in [2.05, 4.69) is 0 Å². The van der Waals surface area contributed by atoms with Crippen molar-refractivity contribution in [2.45, 2.75) is 6.54 Å². The number of Topliss-reactive ketones (excluding diaryl/α,β-unsaturated/α-hetero) is 1. The number of likely N-dealkylation sites (N-methyl/N-ethyl adjacent to an activating group) is 1. The normalized spacial score (nSPS) is 10.8. The molecule has 0 spiro atoms. The predicted octanol–water partition coefficient (Wildman–Crippen LogP) is 3.79. The van der Waals surface area contributed by atoms with Crippen LogP contribution in [0.4, 0.5) is 4.39 Å². The molecule has 2 aromatic carbocycles. The third-order valence-corrected chi connectivity index (χ3v) is 3.14. The van der Waals surface area contributed by atoms with E-state index < -0.39 is 5.82 Å². The molecule has 0 radical (unpaired) electrons. The number of nitrogens with zero attached hydrogens (tertiary/aromatic N) is 1. The van der Waals surface area contributed by atoms with Gasteiger partial charge in [0.05, 0.1) is 6.54 Å². The highest BCUT2D eigenvalue weighted by Crippen LogP contribution is 2.12. The van der Waals surface area contributed by atoms with E-state index in [0.717, 1.165) is 5.56 Å². The molecule has 4 heteroatoms. The first-order valence-electron chi connectivity index (χ1n) is 6.26. The Labute approximate surface area is 122 Å². The van der Waals surface area contributed by atoms with Crippen LogP contribution in [0, 0.1) is 5.82 Å². The van der Waals surface area contributed by atoms with E-state index in [1.165, 1.54) is 12.1 Å².